The van der Waals surface area contributed by atoms with E-state index in [4.69, 9.17) is 0 Å². The number of fused-ring (bicyclic) bond motifs is 30. The molecule has 0 atom stereocenters. The zero-order valence-electron chi connectivity index (χ0n) is 74.5. The first kappa shape index (κ1) is 76.8. The Morgan fingerprint density at radius 1 is 0.152 bits per heavy atom. The molecule has 622 valence electrons. The Morgan fingerprint density at radius 2 is 0.432 bits per heavy atom. The smallest absolute Gasteiger partial charge is 0.0541 e. The summed E-state index contributed by atoms with van der Waals surface area (Å²) < 4.78 is 4.99. The predicted molar refractivity (Wildman–Crippen MR) is 568 cm³/mol. The second-order valence-corrected chi connectivity index (χ2v) is 37.1. The number of para-hydroxylation sites is 4. The van der Waals surface area contributed by atoms with Crippen molar-refractivity contribution in [3.05, 3.63) is 457 Å². The molecular formula is C128H90N4. The Bertz CT molecular complexity index is 9250. The third-order valence-electron chi connectivity index (χ3n) is 28.6. The molecule has 0 spiro atoms. The van der Waals surface area contributed by atoms with Crippen molar-refractivity contribution < 1.29 is 0 Å². The maximum Gasteiger partial charge on any atom is 0.0541 e. The van der Waals surface area contributed by atoms with Gasteiger partial charge in [0.15, 0.2) is 0 Å². The van der Waals surface area contributed by atoms with Crippen molar-refractivity contribution in [3.8, 4) is 33.6 Å². The van der Waals surface area contributed by atoms with Gasteiger partial charge in [0.1, 0.15) is 0 Å². The Morgan fingerprint density at radius 3 is 0.811 bits per heavy atom. The lowest BCUT2D eigenvalue weighted by atomic mass is 9.86. The maximum absolute atomic E-state index is 2.55. The lowest BCUT2D eigenvalue weighted by molar-refractivity contribution is 0.960. The van der Waals surface area contributed by atoms with Gasteiger partial charge in [0.05, 0.1) is 22.1 Å². The number of hydrogen-bond acceptors (Lipinski definition) is 2. The molecule has 0 saturated carbocycles. The molecule has 132 heavy (non-hydrogen) atoms. The van der Waals surface area contributed by atoms with E-state index >= 15 is 0 Å². The van der Waals surface area contributed by atoms with Gasteiger partial charge in [-0.2, -0.15) is 0 Å². The summed E-state index contributed by atoms with van der Waals surface area (Å²) in [6.07, 6.45) is 1.77. The number of nitrogens with zero attached hydrogens (tertiary/aromatic N) is 4. The summed E-state index contributed by atoms with van der Waals surface area (Å²) in [5.41, 5.74) is 28.8. The molecule has 2 aromatic heterocycles. The lowest BCUT2D eigenvalue weighted by Gasteiger charge is -2.26. The highest BCUT2D eigenvalue weighted by Crippen LogP contribution is 2.51. The standard InChI is InChI=1S/C128H90N4/c1-77-35-53-125-121(62-77)122-63-78(2)36-54-126(122)131(125)95-45-51-103-109(71-95)97-31-19-21-33-99(97)113-74-116-104-52-46-96(72-110(104)98-32-20-22-34-100(98)114(116)73-115(103)113)132-127-55-37-79(3)64-123(127)124-66-83(40-56-128(124)132)38-39-84-58-82(6)61-88(65-84)86-42-48-102-108(68-86)120-76-117-105-49-43-93(129(89-23-11-7-12-24-89)90-25-13-8-14-26-90)69-111(105)101-47-41-85(87-59-80(4)57-81(5)60-87)67-107(101)119(117)75-118(120)106-50-44-94(70-112(102)106)130(91-27-15-9-16-28-91)92-29-17-10-18-30-92/h7-37,40-76H,38-39H2,1-6H3. The van der Waals surface area contributed by atoms with E-state index in [1.165, 1.54) is 245 Å². The van der Waals surface area contributed by atoms with Crippen LogP contribution < -0.4 is 9.80 Å². The third kappa shape index (κ3) is 12.4. The van der Waals surface area contributed by atoms with E-state index in [2.05, 4.69) is 473 Å². The van der Waals surface area contributed by atoms with Gasteiger partial charge in [0, 0.05) is 67.0 Å². The topological polar surface area (TPSA) is 16.3 Å². The molecule has 0 aliphatic rings. The van der Waals surface area contributed by atoms with Crippen LogP contribution in [-0.2, 0) is 12.8 Å². The molecule has 4 nitrogen and oxygen atoms in total. The summed E-state index contributed by atoms with van der Waals surface area (Å²) in [6.45, 7) is 13.3. The van der Waals surface area contributed by atoms with E-state index in [1.54, 1.807) is 0 Å². The Hall–Kier alpha value is -16.4. The third-order valence-corrected chi connectivity index (χ3v) is 28.6. The quantitative estimate of drug-likeness (QED) is 0.0845. The molecule has 0 unspecified atom stereocenters. The number of aromatic nitrogens is 2. The van der Waals surface area contributed by atoms with Crippen molar-refractivity contribution in [2.24, 2.45) is 0 Å². The molecule has 4 heteroatoms. The minimum atomic E-state index is 0.882. The Kier molecular flexibility index (Phi) is 17.5. The van der Waals surface area contributed by atoms with Crippen molar-refractivity contribution in [3.63, 3.8) is 0 Å². The van der Waals surface area contributed by atoms with Crippen LogP contribution >= 0.6 is 0 Å². The van der Waals surface area contributed by atoms with E-state index in [-0.39, 0.29) is 0 Å². The van der Waals surface area contributed by atoms with Crippen molar-refractivity contribution in [1.82, 2.24) is 9.13 Å². The van der Waals surface area contributed by atoms with Crippen LogP contribution in [0, 0.1) is 41.5 Å². The summed E-state index contributed by atoms with van der Waals surface area (Å²) in [7, 11) is 0. The van der Waals surface area contributed by atoms with Crippen molar-refractivity contribution >= 4 is 207 Å². The van der Waals surface area contributed by atoms with Gasteiger partial charge >= 0.3 is 0 Å². The van der Waals surface area contributed by atoms with Gasteiger partial charge in [-0.3, -0.25) is 0 Å². The van der Waals surface area contributed by atoms with E-state index in [0.29, 0.717) is 0 Å². The molecule has 0 bridgehead atoms. The van der Waals surface area contributed by atoms with Crippen molar-refractivity contribution in [2.45, 2.75) is 54.4 Å². The van der Waals surface area contributed by atoms with E-state index in [0.717, 1.165) is 52.7 Å². The van der Waals surface area contributed by atoms with E-state index in [9.17, 15) is 0 Å². The van der Waals surface area contributed by atoms with Crippen LogP contribution in [0.25, 0.3) is 207 Å². The zero-order valence-corrected chi connectivity index (χ0v) is 74.5. The molecule has 0 radical (unpaired) electrons. The number of hydrogen-bond donors (Lipinski definition) is 0. The molecule has 26 rings (SSSR count). The second-order valence-electron chi connectivity index (χ2n) is 37.1. The first-order chi connectivity index (χ1) is 64.8. The van der Waals surface area contributed by atoms with Gasteiger partial charge < -0.3 is 18.9 Å². The van der Waals surface area contributed by atoms with Gasteiger partial charge in [-0.1, -0.05) is 264 Å². The first-order valence-electron chi connectivity index (χ1n) is 46.3. The van der Waals surface area contributed by atoms with Crippen LogP contribution in [0.1, 0.15) is 44.5 Å². The predicted octanol–water partition coefficient (Wildman–Crippen LogP) is 35.6. The number of anilines is 6. The van der Waals surface area contributed by atoms with Crippen LogP contribution in [0.15, 0.2) is 413 Å². The summed E-state index contributed by atoms with van der Waals surface area (Å²) in [4.78, 5) is 4.79. The van der Waals surface area contributed by atoms with E-state index < -0.39 is 0 Å². The molecule has 0 amide bonds. The fraction of sp³-hybridized carbons (Fsp3) is 0.0625. The molecule has 0 saturated heterocycles. The summed E-state index contributed by atoms with van der Waals surface area (Å²) in [5, 5.41) is 34.9. The Balaban J connectivity index is 0.591. The second kappa shape index (κ2) is 30.1. The lowest BCUT2D eigenvalue weighted by Crippen LogP contribution is -2.09. The molecule has 0 aliphatic carbocycles. The average molecular weight is 1680 g/mol. The molecule has 2 heterocycles. The first-order valence-corrected chi connectivity index (χ1v) is 46.3. The SMILES string of the molecule is Cc1cc(C)cc(-c2ccc3c(c2)c2cc4c5ccc(N(c6ccccc6)c6ccccc6)cc5c5ccc(-c6cc(C)cc(CCc7ccc8c(c7)c7cc(C)ccc7n8-c7ccc8c(c7)c7ccccc7c7cc9c%10ccc(-n%11c%12ccc(C)cc%12c%12cc(C)ccc%12%11)cc%10c%10ccccc%10c9cc87)c6)cc5c4cc2c2ccc(N(c4ccccc4)c4ccccc4)cc32)c1. The number of rotatable bonds is 13. The number of benzene rings is 24. The fourth-order valence-corrected chi connectivity index (χ4v) is 22.7. The summed E-state index contributed by atoms with van der Waals surface area (Å²) in [5.74, 6) is 0. The van der Waals surface area contributed by atoms with Gasteiger partial charge in [0.2, 0.25) is 0 Å². The number of aryl methyl sites for hydroxylation is 8. The largest absolute Gasteiger partial charge is 0.310 e. The zero-order chi connectivity index (χ0) is 87.8. The Labute approximate surface area is 765 Å². The minimum Gasteiger partial charge on any atom is -0.310 e. The van der Waals surface area contributed by atoms with Crippen LogP contribution in [0.3, 0.4) is 0 Å². The average Bonchev–Trinajstić information content (AvgIpc) is 0.977. The van der Waals surface area contributed by atoms with Crippen LogP contribution in [-0.4, -0.2) is 9.13 Å². The van der Waals surface area contributed by atoms with E-state index in [1.807, 2.05) is 0 Å². The molecule has 0 N–H and O–H groups in total. The normalized spacial score (nSPS) is 12.1. The fourth-order valence-electron chi connectivity index (χ4n) is 22.7. The molecular weight excluding hydrogens is 1590 g/mol. The van der Waals surface area contributed by atoms with Gasteiger partial charge in [-0.25, -0.2) is 0 Å². The highest BCUT2D eigenvalue weighted by molar-refractivity contribution is 6.36. The summed E-state index contributed by atoms with van der Waals surface area (Å²) >= 11 is 0. The highest BCUT2D eigenvalue weighted by Gasteiger charge is 2.25. The molecule has 0 fully saturated rings. The van der Waals surface area contributed by atoms with Crippen LogP contribution in [0.2, 0.25) is 0 Å². The monoisotopic (exact) mass is 1680 g/mol. The summed E-state index contributed by atoms with van der Waals surface area (Å²) in [6, 6.07) is 157. The van der Waals surface area contributed by atoms with Crippen LogP contribution in [0.4, 0.5) is 34.1 Å². The molecule has 24 aromatic carbocycles. The van der Waals surface area contributed by atoms with Crippen molar-refractivity contribution in [2.75, 3.05) is 9.80 Å². The van der Waals surface area contributed by atoms with Gasteiger partial charge in [0.25, 0.3) is 0 Å². The van der Waals surface area contributed by atoms with Gasteiger partial charge in [-0.05, 0) is 399 Å². The highest BCUT2D eigenvalue weighted by atomic mass is 15.1. The van der Waals surface area contributed by atoms with Crippen molar-refractivity contribution in [1.29, 1.82) is 0 Å². The molecule has 0 aliphatic heterocycles. The minimum absolute atomic E-state index is 0.882. The molecule has 26 aromatic rings. The maximum atomic E-state index is 2.55. The van der Waals surface area contributed by atoms with Crippen LogP contribution in [0.5, 0.6) is 0 Å². The van der Waals surface area contributed by atoms with Gasteiger partial charge in [-0.15, -0.1) is 0 Å².